The molecule has 1 aromatic carbocycles. The Balaban J connectivity index is 1.83. The maximum absolute atomic E-state index is 12.0. The second kappa shape index (κ2) is 9.82. The summed E-state index contributed by atoms with van der Waals surface area (Å²) in [7, 11) is 0. The number of aromatic nitrogens is 1. The van der Waals surface area contributed by atoms with Gasteiger partial charge in [-0.05, 0) is 25.8 Å². The molecule has 0 fully saturated rings. The van der Waals surface area contributed by atoms with Crippen LogP contribution in [0.5, 0.6) is 0 Å². The topological polar surface area (TPSA) is 97.4 Å². The fourth-order valence-electron chi connectivity index (χ4n) is 2.19. The molecule has 0 unspecified atom stereocenters. The first-order valence-corrected chi connectivity index (χ1v) is 9.55. The van der Waals surface area contributed by atoms with Gasteiger partial charge in [-0.1, -0.05) is 31.2 Å². The minimum Gasteiger partial charge on any atom is -0.451 e. The van der Waals surface area contributed by atoms with Crippen LogP contribution in [0.3, 0.4) is 0 Å². The quantitative estimate of drug-likeness (QED) is 0.675. The van der Waals surface area contributed by atoms with E-state index < -0.39 is 18.5 Å². The van der Waals surface area contributed by atoms with Gasteiger partial charge in [0, 0.05) is 17.0 Å². The number of aryl methyl sites for hydroxylation is 1. The molecule has 0 spiro atoms. The highest BCUT2D eigenvalue weighted by molar-refractivity contribution is 7.13. The van der Waals surface area contributed by atoms with E-state index in [-0.39, 0.29) is 24.2 Å². The van der Waals surface area contributed by atoms with Gasteiger partial charge in [-0.15, -0.1) is 11.3 Å². The SMILES string of the molecule is CCc1ccc(-c2nc(C(=O)OCC(=O)NCC(=O)NC(C)C)cs2)cc1. The molecule has 144 valence electrons. The minimum atomic E-state index is -0.676. The number of rotatable bonds is 8. The van der Waals surface area contributed by atoms with E-state index in [1.165, 1.54) is 16.9 Å². The zero-order valence-corrected chi connectivity index (χ0v) is 16.4. The second-order valence-electron chi connectivity index (χ2n) is 6.16. The summed E-state index contributed by atoms with van der Waals surface area (Å²) in [5, 5.41) is 7.34. The van der Waals surface area contributed by atoms with Gasteiger partial charge < -0.3 is 15.4 Å². The normalized spacial score (nSPS) is 10.5. The van der Waals surface area contributed by atoms with Gasteiger partial charge in [0.25, 0.3) is 5.91 Å². The Morgan fingerprint density at radius 3 is 2.48 bits per heavy atom. The number of nitrogens with one attached hydrogen (secondary N) is 2. The van der Waals surface area contributed by atoms with E-state index in [1.54, 1.807) is 5.38 Å². The number of carbonyl (C=O) groups excluding carboxylic acids is 3. The van der Waals surface area contributed by atoms with Gasteiger partial charge in [0.2, 0.25) is 5.91 Å². The molecule has 0 aliphatic rings. The molecule has 0 atom stereocenters. The van der Waals surface area contributed by atoms with E-state index in [9.17, 15) is 14.4 Å². The molecule has 0 aliphatic heterocycles. The summed E-state index contributed by atoms with van der Waals surface area (Å²) in [4.78, 5) is 39.4. The fraction of sp³-hybridized carbons (Fsp3) is 0.368. The maximum atomic E-state index is 12.0. The van der Waals surface area contributed by atoms with E-state index >= 15 is 0 Å². The molecule has 2 N–H and O–H groups in total. The van der Waals surface area contributed by atoms with Gasteiger partial charge in [0.05, 0.1) is 6.54 Å². The molecular formula is C19H23N3O4S. The molecular weight excluding hydrogens is 366 g/mol. The molecule has 0 aliphatic carbocycles. The third kappa shape index (κ3) is 6.49. The number of nitrogens with zero attached hydrogens (tertiary/aromatic N) is 1. The zero-order valence-electron chi connectivity index (χ0n) is 15.6. The van der Waals surface area contributed by atoms with Gasteiger partial charge in [-0.2, -0.15) is 0 Å². The average Bonchev–Trinajstić information content (AvgIpc) is 3.14. The summed E-state index contributed by atoms with van der Waals surface area (Å²) >= 11 is 1.33. The highest BCUT2D eigenvalue weighted by Gasteiger charge is 2.15. The molecule has 8 heteroatoms. The van der Waals surface area contributed by atoms with Crippen molar-refractivity contribution >= 4 is 29.1 Å². The predicted octanol–water partition coefficient (Wildman–Crippen LogP) is 2.17. The van der Waals surface area contributed by atoms with E-state index in [0.29, 0.717) is 5.01 Å². The molecule has 0 saturated heterocycles. The number of benzene rings is 1. The van der Waals surface area contributed by atoms with Crippen LogP contribution in [0, 0.1) is 0 Å². The van der Waals surface area contributed by atoms with E-state index in [2.05, 4.69) is 22.5 Å². The van der Waals surface area contributed by atoms with Gasteiger partial charge in [-0.25, -0.2) is 9.78 Å². The van der Waals surface area contributed by atoms with Crippen LogP contribution in [0.2, 0.25) is 0 Å². The first-order chi connectivity index (χ1) is 12.9. The van der Waals surface area contributed by atoms with Crippen molar-refractivity contribution in [2.45, 2.75) is 33.2 Å². The molecule has 2 amide bonds. The van der Waals surface area contributed by atoms with Crippen LogP contribution in [-0.4, -0.2) is 42.0 Å². The second-order valence-corrected chi connectivity index (χ2v) is 7.02. The highest BCUT2D eigenvalue weighted by atomic mass is 32.1. The Bertz CT molecular complexity index is 800. The number of esters is 1. The Morgan fingerprint density at radius 2 is 1.85 bits per heavy atom. The van der Waals surface area contributed by atoms with Crippen molar-refractivity contribution in [1.29, 1.82) is 0 Å². The summed E-state index contributed by atoms with van der Waals surface area (Å²) in [6.07, 6.45) is 0.955. The van der Waals surface area contributed by atoms with Crippen LogP contribution in [-0.2, 0) is 20.7 Å². The Kier molecular flexibility index (Phi) is 7.48. The number of ether oxygens (including phenoxy) is 1. The Morgan fingerprint density at radius 1 is 1.15 bits per heavy atom. The Hall–Kier alpha value is -2.74. The van der Waals surface area contributed by atoms with Crippen LogP contribution in [0.4, 0.5) is 0 Å². The molecule has 1 heterocycles. The van der Waals surface area contributed by atoms with Gasteiger partial charge in [-0.3, -0.25) is 9.59 Å². The molecule has 0 bridgehead atoms. The monoisotopic (exact) mass is 389 g/mol. The van der Waals surface area contributed by atoms with Crippen molar-refractivity contribution in [1.82, 2.24) is 15.6 Å². The lowest BCUT2D eigenvalue weighted by Gasteiger charge is -2.09. The number of hydrogen-bond donors (Lipinski definition) is 2. The van der Waals surface area contributed by atoms with E-state index in [1.807, 2.05) is 38.1 Å². The molecule has 2 aromatic rings. The van der Waals surface area contributed by atoms with Crippen molar-refractivity contribution < 1.29 is 19.1 Å². The molecule has 27 heavy (non-hydrogen) atoms. The maximum Gasteiger partial charge on any atom is 0.358 e. The standard InChI is InChI=1S/C19H23N3O4S/c1-4-13-5-7-14(8-6-13)18-22-15(11-27-18)19(25)26-10-17(24)20-9-16(23)21-12(2)3/h5-8,11-12H,4,9-10H2,1-3H3,(H,20,24)(H,21,23). The number of carbonyl (C=O) groups is 3. The van der Waals surface area contributed by atoms with Gasteiger partial charge in [0.15, 0.2) is 12.3 Å². The van der Waals surface area contributed by atoms with Crippen molar-refractivity contribution in [3.63, 3.8) is 0 Å². The first-order valence-electron chi connectivity index (χ1n) is 8.67. The molecule has 0 radical (unpaired) electrons. The summed E-state index contributed by atoms with van der Waals surface area (Å²) in [6.45, 7) is 5.10. The van der Waals surface area contributed by atoms with Crippen molar-refractivity contribution in [2.24, 2.45) is 0 Å². The lowest BCUT2D eigenvalue weighted by atomic mass is 10.1. The van der Waals surface area contributed by atoms with E-state index in [4.69, 9.17) is 4.74 Å². The van der Waals surface area contributed by atoms with Crippen LogP contribution in [0.1, 0.15) is 36.8 Å². The van der Waals surface area contributed by atoms with E-state index in [0.717, 1.165) is 12.0 Å². The fourth-order valence-corrected chi connectivity index (χ4v) is 2.99. The lowest BCUT2D eigenvalue weighted by Crippen LogP contribution is -2.41. The van der Waals surface area contributed by atoms with Crippen LogP contribution in [0.15, 0.2) is 29.6 Å². The largest absolute Gasteiger partial charge is 0.451 e. The predicted molar refractivity (Wildman–Crippen MR) is 103 cm³/mol. The number of hydrogen-bond acceptors (Lipinski definition) is 6. The summed E-state index contributed by atoms with van der Waals surface area (Å²) in [5.41, 5.74) is 2.30. The average molecular weight is 389 g/mol. The third-order valence-corrected chi connectivity index (χ3v) is 4.44. The number of thiazole rings is 1. The lowest BCUT2D eigenvalue weighted by molar-refractivity contribution is -0.128. The zero-order chi connectivity index (χ0) is 19.8. The Labute approximate surface area is 162 Å². The summed E-state index contributed by atoms with van der Waals surface area (Å²) in [5.74, 6) is -1.53. The first kappa shape index (κ1) is 20.6. The van der Waals surface area contributed by atoms with Crippen LogP contribution in [0.25, 0.3) is 10.6 Å². The smallest absolute Gasteiger partial charge is 0.358 e. The molecule has 1 aromatic heterocycles. The molecule has 0 saturated carbocycles. The molecule has 2 rings (SSSR count). The van der Waals surface area contributed by atoms with Crippen molar-refractivity contribution in [3.05, 3.63) is 40.9 Å². The van der Waals surface area contributed by atoms with Crippen molar-refractivity contribution in [2.75, 3.05) is 13.2 Å². The highest BCUT2D eigenvalue weighted by Crippen LogP contribution is 2.24. The van der Waals surface area contributed by atoms with Gasteiger partial charge in [0.1, 0.15) is 5.01 Å². The van der Waals surface area contributed by atoms with Crippen LogP contribution >= 0.6 is 11.3 Å². The molecule has 7 nitrogen and oxygen atoms in total. The third-order valence-electron chi connectivity index (χ3n) is 3.55. The number of amides is 2. The van der Waals surface area contributed by atoms with Crippen molar-refractivity contribution in [3.8, 4) is 10.6 Å². The van der Waals surface area contributed by atoms with Gasteiger partial charge >= 0.3 is 5.97 Å². The minimum absolute atomic E-state index is 0.00994. The summed E-state index contributed by atoms with van der Waals surface area (Å²) < 4.78 is 4.95. The van der Waals surface area contributed by atoms with Crippen LogP contribution < -0.4 is 10.6 Å². The summed E-state index contributed by atoms with van der Waals surface area (Å²) in [6, 6.07) is 7.96.